The van der Waals surface area contributed by atoms with Crippen molar-refractivity contribution in [1.82, 2.24) is 4.57 Å². The molecule has 2 aromatic rings. The Labute approximate surface area is 120 Å². The number of aromatic nitrogens is 1. The summed E-state index contributed by atoms with van der Waals surface area (Å²) in [6, 6.07) is 11.4. The topological polar surface area (TPSA) is 48.0 Å². The van der Waals surface area contributed by atoms with Crippen molar-refractivity contribution in [3.63, 3.8) is 0 Å². The quantitative estimate of drug-likeness (QED) is 0.928. The normalized spacial score (nSPS) is 12.7. The zero-order valence-corrected chi connectivity index (χ0v) is 12.3. The zero-order valence-electron chi connectivity index (χ0n) is 12.3. The molecule has 0 saturated heterocycles. The van der Waals surface area contributed by atoms with Gasteiger partial charge in [0.2, 0.25) is 0 Å². The van der Waals surface area contributed by atoms with Gasteiger partial charge in [0.05, 0.1) is 6.04 Å². The first kappa shape index (κ1) is 14.5. The molecule has 0 saturated carbocycles. The minimum Gasteiger partial charge on any atom is -0.320 e. The maximum Gasteiger partial charge on any atom is 0.255 e. The van der Waals surface area contributed by atoms with E-state index in [1.54, 1.807) is 4.57 Å². The van der Waals surface area contributed by atoms with Gasteiger partial charge in [-0.25, -0.2) is 0 Å². The molecule has 2 rings (SSSR count). The van der Waals surface area contributed by atoms with Crippen molar-refractivity contribution in [3.8, 4) is 0 Å². The third-order valence-electron chi connectivity index (χ3n) is 3.38. The van der Waals surface area contributed by atoms with Gasteiger partial charge in [-0.15, -0.1) is 0 Å². The lowest BCUT2D eigenvalue weighted by molar-refractivity contribution is 0.507. The first-order valence-corrected chi connectivity index (χ1v) is 7.00. The molecule has 0 amide bonds. The molecular formula is C17H22N2O. The van der Waals surface area contributed by atoms with Gasteiger partial charge < -0.3 is 10.3 Å². The Morgan fingerprint density at radius 3 is 2.40 bits per heavy atom. The Hall–Kier alpha value is -1.87. The highest BCUT2D eigenvalue weighted by Crippen LogP contribution is 2.17. The van der Waals surface area contributed by atoms with E-state index in [4.69, 9.17) is 5.73 Å². The number of rotatable bonds is 4. The maximum absolute atomic E-state index is 12.5. The van der Waals surface area contributed by atoms with Crippen LogP contribution in [0.25, 0.3) is 0 Å². The first-order chi connectivity index (χ1) is 9.49. The van der Waals surface area contributed by atoms with Gasteiger partial charge in [-0.2, -0.15) is 0 Å². The Bertz CT molecular complexity index is 626. The van der Waals surface area contributed by atoms with Crippen LogP contribution in [-0.4, -0.2) is 4.57 Å². The summed E-state index contributed by atoms with van der Waals surface area (Å²) in [5.74, 6) is 0.429. The summed E-state index contributed by atoms with van der Waals surface area (Å²) in [4.78, 5) is 12.5. The van der Waals surface area contributed by atoms with Crippen molar-refractivity contribution >= 4 is 0 Å². The van der Waals surface area contributed by atoms with Gasteiger partial charge in [0, 0.05) is 18.3 Å². The van der Waals surface area contributed by atoms with Gasteiger partial charge in [0.25, 0.3) is 5.56 Å². The fourth-order valence-electron chi connectivity index (χ4n) is 2.28. The number of nitrogens with zero attached hydrogens (tertiary/aromatic N) is 1. The van der Waals surface area contributed by atoms with Crippen LogP contribution < -0.4 is 11.3 Å². The molecule has 1 aromatic heterocycles. The van der Waals surface area contributed by atoms with Crippen LogP contribution in [0.3, 0.4) is 0 Å². The van der Waals surface area contributed by atoms with Crippen molar-refractivity contribution in [2.24, 2.45) is 11.7 Å². The van der Waals surface area contributed by atoms with Crippen LogP contribution in [0.15, 0.2) is 47.4 Å². The summed E-state index contributed by atoms with van der Waals surface area (Å²) < 4.78 is 1.74. The second kappa shape index (κ2) is 6.06. The predicted molar refractivity (Wildman–Crippen MR) is 82.7 cm³/mol. The highest BCUT2D eigenvalue weighted by atomic mass is 16.1. The van der Waals surface area contributed by atoms with Crippen LogP contribution in [0, 0.1) is 12.8 Å². The van der Waals surface area contributed by atoms with Crippen molar-refractivity contribution in [2.75, 3.05) is 0 Å². The lowest BCUT2D eigenvalue weighted by Gasteiger charge is -2.15. The molecule has 106 valence electrons. The Kier molecular flexibility index (Phi) is 4.40. The number of benzene rings is 1. The second-order valence-corrected chi connectivity index (χ2v) is 5.70. The number of aryl methyl sites for hydroxylation is 1. The summed E-state index contributed by atoms with van der Waals surface area (Å²) in [5, 5.41) is 0. The summed E-state index contributed by atoms with van der Waals surface area (Å²) in [6.45, 7) is 6.94. The molecule has 20 heavy (non-hydrogen) atoms. The number of nitrogens with two attached hydrogens (primary N) is 1. The Morgan fingerprint density at radius 1 is 1.15 bits per heavy atom. The fourth-order valence-corrected chi connectivity index (χ4v) is 2.28. The van der Waals surface area contributed by atoms with Gasteiger partial charge >= 0.3 is 0 Å². The van der Waals surface area contributed by atoms with Crippen LogP contribution >= 0.6 is 0 Å². The minimum atomic E-state index is -0.372. The molecule has 1 aromatic carbocycles. The molecule has 0 radical (unpaired) electrons. The van der Waals surface area contributed by atoms with E-state index in [-0.39, 0.29) is 11.6 Å². The van der Waals surface area contributed by atoms with E-state index in [2.05, 4.69) is 13.8 Å². The minimum absolute atomic E-state index is 0.00859. The molecule has 0 aliphatic rings. The lowest BCUT2D eigenvalue weighted by Crippen LogP contribution is -2.29. The van der Waals surface area contributed by atoms with Crippen LogP contribution in [0.2, 0.25) is 0 Å². The van der Waals surface area contributed by atoms with Crippen LogP contribution in [0.4, 0.5) is 0 Å². The van der Waals surface area contributed by atoms with Gasteiger partial charge in [0.1, 0.15) is 0 Å². The van der Waals surface area contributed by atoms with Gasteiger partial charge in [0.15, 0.2) is 0 Å². The Morgan fingerprint density at radius 2 is 1.80 bits per heavy atom. The van der Waals surface area contributed by atoms with E-state index >= 15 is 0 Å². The van der Waals surface area contributed by atoms with Crippen molar-refractivity contribution in [3.05, 3.63) is 69.6 Å². The first-order valence-electron chi connectivity index (χ1n) is 7.00. The lowest BCUT2D eigenvalue weighted by atomic mass is 10.00. The molecule has 0 fully saturated rings. The molecule has 3 nitrogen and oxygen atoms in total. The monoisotopic (exact) mass is 270 g/mol. The second-order valence-electron chi connectivity index (χ2n) is 5.70. The highest BCUT2D eigenvalue weighted by molar-refractivity contribution is 5.31. The molecular weight excluding hydrogens is 248 g/mol. The average molecular weight is 270 g/mol. The zero-order chi connectivity index (χ0) is 14.7. The molecule has 0 aliphatic carbocycles. The van der Waals surface area contributed by atoms with Crippen LogP contribution in [0.5, 0.6) is 0 Å². The number of hydrogen-bond acceptors (Lipinski definition) is 2. The van der Waals surface area contributed by atoms with E-state index < -0.39 is 0 Å². The van der Waals surface area contributed by atoms with Gasteiger partial charge in [-0.3, -0.25) is 4.79 Å². The predicted octanol–water partition coefficient (Wildman–Crippen LogP) is 2.86. The third-order valence-corrected chi connectivity index (χ3v) is 3.38. The smallest absolute Gasteiger partial charge is 0.255 e. The number of pyridine rings is 1. The summed E-state index contributed by atoms with van der Waals surface area (Å²) in [5.41, 5.74) is 9.07. The highest BCUT2D eigenvalue weighted by Gasteiger charge is 2.14. The molecule has 0 spiro atoms. The SMILES string of the molecule is Cc1ccc(C(N)c2cccn(CC(C)C)c2=O)cc1. The summed E-state index contributed by atoms with van der Waals surface area (Å²) in [7, 11) is 0. The van der Waals surface area contributed by atoms with Gasteiger partial charge in [-0.05, 0) is 24.5 Å². The number of hydrogen-bond donors (Lipinski definition) is 1. The third kappa shape index (κ3) is 3.17. The van der Waals surface area contributed by atoms with E-state index in [0.29, 0.717) is 18.0 Å². The van der Waals surface area contributed by atoms with Crippen molar-refractivity contribution in [2.45, 2.75) is 33.4 Å². The average Bonchev–Trinajstić information content (AvgIpc) is 2.41. The van der Waals surface area contributed by atoms with Crippen LogP contribution in [0.1, 0.15) is 36.6 Å². The maximum atomic E-state index is 12.5. The van der Waals surface area contributed by atoms with Crippen molar-refractivity contribution < 1.29 is 0 Å². The van der Waals surface area contributed by atoms with E-state index in [9.17, 15) is 4.79 Å². The molecule has 0 bridgehead atoms. The largest absolute Gasteiger partial charge is 0.320 e. The summed E-state index contributed by atoms with van der Waals surface area (Å²) >= 11 is 0. The van der Waals surface area contributed by atoms with Gasteiger partial charge in [-0.1, -0.05) is 49.7 Å². The molecule has 2 N–H and O–H groups in total. The molecule has 0 aliphatic heterocycles. The Balaban J connectivity index is 2.37. The fraction of sp³-hybridized carbons (Fsp3) is 0.353. The molecule has 1 heterocycles. The molecule has 3 heteroatoms. The van der Waals surface area contributed by atoms with Crippen molar-refractivity contribution in [1.29, 1.82) is 0 Å². The van der Waals surface area contributed by atoms with E-state index in [1.807, 2.05) is 49.5 Å². The van der Waals surface area contributed by atoms with Crippen LogP contribution in [-0.2, 0) is 6.54 Å². The molecule has 1 unspecified atom stereocenters. The van der Waals surface area contributed by atoms with E-state index in [0.717, 1.165) is 5.56 Å². The molecule has 1 atom stereocenters. The summed E-state index contributed by atoms with van der Waals surface area (Å²) in [6.07, 6.45) is 1.83. The standard InChI is InChI=1S/C17H22N2O/c1-12(2)11-19-10-4-5-15(17(19)20)16(18)14-8-6-13(3)7-9-14/h4-10,12,16H,11,18H2,1-3H3. The van der Waals surface area contributed by atoms with E-state index in [1.165, 1.54) is 5.56 Å².